The van der Waals surface area contributed by atoms with Gasteiger partial charge in [0.25, 0.3) is 0 Å². The first-order valence-corrected chi connectivity index (χ1v) is 12.9. The number of hydrogen-bond acceptors (Lipinski definition) is 1. The van der Waals surface area contributed by atoms with Crippen LogP contribution in [-0.4, -0.2) is 0 Å². The molecule has 0 aromatic heterocycles. The largest absolute Gasteiger partial charge is 0.310 e. The van der Waals surface area contributed by atoms with Crippen LogP contribution in [0.3, 0.4) is 0 Å². The molecular formula is C31H28BrN. The van der Waals surface area contributed by atoms with Crippen molar-refractivity contribution in [3.05, 3.63) is 113 Å². The van der Waals surface area contributed by atoms with E-state index in [0.717, 1.165) is 0 Å². The Labute approximate surface area is 205 Å². The second-order valence-electron chi connectivity index (χ2n) is 9.36. The van der Waals surface area contributed by atoms with E-state index < -0.39 is 0 Å². The number of halogens is 1. The highest BCUT2D eigenvalue weighted by molar-refractivity contribution is 9.10. The molecule has 2 atom stereocenters. The zero-order chi connectivity index (χ0) is 22.2. The van der Waals surface area contributed by atoms with Crippen LogP contribution in [0.25, 0.3) is 11.1 Å². The van der Waals surface area contributed by atoms with Gasteiger partial charge in [0.15, 0.2) is 0 Å². The third kappa shape index (κ3) is 3.81. The Morgan fingerprint density at radius 2 is 1.21 bits per heavy atom. The molecule has 0 bridgehead atoms. The first kappa shape index (κ1) is 20.7. The minimum Gasteiger partial charge on any atom is -0.310 e. The van der Waals surface area contributed by atoms with Gasteiger partial charge >= 0.3 is 0 Å². The van der Waals surface area contributed by atoms with E-state index in [-0.39, 0.29) is 0 Å². The molecular weight excluding hydrogens is 466 g/mol. The Bertz CT molecular complexity index is 1260. The molecule has 0 spiro atoms. The molecule has 4 aromatic rings. The van der Waals surface area contributed by atoms with Crippen LogP contribution in [-0.2, 0) is 0 Å². The van der Waals surface area contributed by atoms with E-state index in [9.17, 15) is 0 Å². The SMILES string of the molecule is Brc1ccc2c(c1)C1CCCCCC1c1ccccc1N2c1ccc(-c2ccccc2)cc1. The van der Waals surface area contributed by atoms with Gasteiger partial charge < -0.3 is 4.90 Å². The van der Waals surface area contributed by atoms with Crippen molar-refractivity contribution in [1.29, 1.82) is 0 Å². The second-order valence-corrected chi connectivity index (χ2v) is 10.3. The lowest BCUT2D eigenvalue weighted by Crippen LogP contribution is -2.12. The summed E-state index contributed by atoms with van der Waals surface area (Å²) in [5, 5.41) is 0. The normalized spacial score (nSPS) is 19.6. The first-order chi connectivity index (χ1) is 16.3. The van der Waals surface area contributed by atoms with Crippen molar-refractivity contribution in [3.63, 3.8) is 0 Å². The van der Waals surface area contributed by atoms with Crippen molar-refractivity contribution in [2.75, 3.05) is 4.90 Å². The zero-order valence-corrected chi connectivity index (χ0v) is 20.3. The highest BCUT2D eigenvalue weighted by Gasteiger charge is 2.35. The van der Waals surface area contributed by atoms with Crippen LogP contribution in [0.4, 0.5) is 17.1 Å². The van der Waals surface area contributed by atoms with Crippen LogP contribution >= 0.6 is 15.9 Å². The van der Waals surface area contributed by atoms with Gasteiger partial charge in [0.2, 0.25) is 0 Å². The molecule has 4 aromatic carbocycles. The number of hydrogen-bond donors (Lipinski definition) is 0. The fourth-order valence-corrected chi connectivity index (χ4v) is 6.30. The minimum atomic E-state index is 0.565. The molecule has 2 heteroatoms. The number of fused-ring (bicyclic) bond motifs is 5. The minimum absolute atomic E-state index is 0.565. The third-order valence-electron chi connectivity index (χ3n) is 7.46. The van der Waals surface area contributed by atoms with E-state index in [1.807, 2.05) is 0 Å². The molecule has 0 saturated heterocycles. The summed E-state index contributed by atoms with van der Waals surface area (Å²) in [7, 11) is 0. The molecule has 1 aliphatic carbocycles. The van der Waals surface area contributed by atoms with Crippen LogP contribution in [0, 0.1) is 0 Å². The number of nitrogens with zero attached hydrogens (tertiary/aromatic N) is 1. The number of anilines is 3. The van der Waals surface area contributed by atoms with Crippen LogP contribution in [0.15, 0.2) is 102 Å². The van der Waals surface area contributed by atoms with Gasteiger partial charge in [-0.1, -0.05) is 95.9 Å². The van der Waals surface area contributed by atoms with E-state index in [2.05, 4.69) is 118 Å². The lowest BCUT2D eigenvalue weighted by atomic mass is 9.78. The van der Waals surface area contributed by atoms with E-state index in [1.165, 1.54) is 75.9 Å². The highest BCUT2D eigenvalue weighted by Crippen LogP contribution is 2.54. The maximum absolute atomic E-state index is 3.78. The van der Waals surface area contributed by atoms with Crippen molar-refractivity contribution in [3.8, 4) is 11.1 Å². The molecule has 0 amide bonds. The number of benzene rings is 4. The second kappa shape index (κ2) is 8.83. The summed E-state index contributed by atoms with van der Waals surface area (Å²) in [5.41, 5.74) is 9.39. The molecule has 6 rings (SSSR count). The van der Waals surface area contributed by atoms with Crippen molar-refractivity contribution in [1.82, 2.24) is 0 Å². The van der Waals surface area contributed by atoms with Crippen LogP contribution < -0.4 is 4.90 Å². The van der Waals surface area contributed by atoms with Crippen molar-refractivity contribution in [2.45, 2.75) is 43.9 Å². The van der Waals surface area contributed by atoms with Gasteiger partial charge in [-0.25, -0.2) is 0 Å². The number of para-hydroxylation sites is 1. The quantitative estimate of drug-likeness (QED) is 0.268. The maximum Gasteiger partial charge on any atom is 0.0497 e. The molecule has 1 aliphatic heterocycles. The van der Waals surface area contributed by atoms with Gasteiger partial charge in [-0.05, 0) is 83.3 Å². The van der Waals surface area contributed by atoms with Gasteiger partial charge in [0, 0.05) is 21.5 Å². The van der Waals surface area contributed by atoms with Crippen LogP contribution in [0.2, 0.25) is 0 Å². The monoisotopic (exact) mass is 493 g/mol. The summed E-state index contributed by atoms with van der Waals surface area (Å²) in [6.45, 7) is 0. The average molecular weight is 494 g/mol. The highest BCUT2D eigenvalue weighted by atomic mass is 79.9. The van der Waals surface area contributed by atoms with E-state index in [4.69, 9.17) is 0 Å². The first-order valence-electron chi connectivity index (χ1n) is 12.1. The lowest BCUT2D eigenvalue weighted by Gasteiger charge is -2.28. The van der Waals surface area contributed by atoms with Gasteiger partial charge in [-0.3, -0.25) is 0 Å². The molecule has 164 valence electrons. The molecule has 2 aliphatic rings. The summed E-state index contributed by atoms with van der Waals surface area (Å²) < 4.78 is 1.18. The Morgan fingerprint density at radius 1 is 0.576 bits per heavy atom. The van der Waals surface area contributed by atoms with E-state index >= 15 is 0 Å². The van der Waals surface area contributed by atoms with Gasteiger partial charge in [-0.2, -0.15) is 0 Å². The predicted octanol–water partition coefficient (Wildman–Crippen LogP) is 9.73. The van der Waals surface area contributed by atoms with Crippen LogP contribution in [0.1, 0.15) is 55.1 Å². The van der Waals surface area contributed by atoms with Crippen molar-refractivity contribution in [2.24, 2.45) is 0 Å². The Hall–Kier alpha value is -2.84. The fourth-order valence-electron chi connectivity index (χ4n) is 5.92. The lowest BCUT2D eigenvalue weighted by molar-refractivity contribution is 0.515. The number of rotatable bonds is 2. The summed E-state index contributed by atoms with van der Waals surface area (Å²) in [4.78, 5) is 2.50. The summed E-state index contributed by atoms with van der Waals surface area (Å²) in [6, 6.07) is 35.7. The third-order valence-corrected chi connectivity index (χ3v) is 7.95. The molecule has 2 unspecified atom stereocenters. The molecule has 1 fully saturated rings. The topological polar surface area (TPSA) is 3.24 Å². The summed E-state index contributed by atoms with van der Waals surface area (Å²) >= 11 is 3.78. The van der Waals surface area contributed by atoms with Gasteiger partial charge in [0.1, 0.15) is 0 Å². The molecule has 1 saturated carbocycles. The Morgan fingerprint density at radius 3 is 2.00 bits per heavy atom. The Balaban J connectivity index is 1.54. The van der Waals surface area contributed by atoms with Gasteiger partial charge in [-0.15, -0.1) is 0 Å². The standard InChI is InChI=1S/C31H28BrN/c32-24-17-20-31-29(21-24)27-12-6-2-5-11-26(27)28-13-7-8-14-30(28)33(31)25-18-15-23(16-19-25)22-9-3-1-4-10-22/h1,3-4,7-10,13-21,26-27H,2,5-6,11-12H2. The van der Waals surface area contributed by atoms with Crippen molar-refractivity contribution < 1.29 is 0 Å². The molecule has 33 heavy (non-hydrogen) atoms. The predicted molar refractivity (Wildman–Crippen MR) is 143 cm³/mol. The zero-order valence-electron chi connectivity index (χ0n) is 18.8. The Kier molecular flexibility index (Phi) is 5.55. The molecule has 0 N–H and O–H groups in total. The van der Waals surface area contributed by atoms with E-state index in [0.29, 0.717) is 11.8 Å². The van der Waals surface area contributed by atoms with Crippen molar-refractivity contribution >= 4 is 33.0 Å². The summed E-state index contributed by atoms with van der Waals surface area (Å²) in [6.07, 6.45) is 6.53. The van der Waals surface area contributed by atoms with Crippen LogP contribution in [0.5, 0.6) is 0 Å². The average Bonchev–Trinajstić information content (AvgIpc) is 3.17. The smallest absolute Gasteiger partial charge is 0.0497 e. The summed E-state index contributed by atoms with van der Waals surface area (Å²) in [5.74, 6) is 1.14. The molecule has 0 radical (unpaired) electrons. The fraction of sp³-hybridized carbons (Fsp3) is 0.226. The molecule has 1 nitrogen and oxygen atoms in total. The van der Waals surface area contributed by atoms with Gasteiger partial charge in [0.05, 0.1) is 0 Å². The maximum atomic E-state index is 3.78. The molecule has 1 heterocycles. The van der Waals surface area contributed by atoms with E-state index in [1.54, 1.807) is 0 Å².